The Bertz CT molecular complexity index is 615. The molecule has 1 aromatic carbocycles. The number of likely N-dealkylation sites (N-methyl/N-ethyl adjacent to an activating group) is 1. The summed E-state index contributed by atoms with van der Waals surface area (Å²) >= 11 is 5.87. The summed E-state index contributed by atoms with van der Waals surface area (Å²) < 4.78 is 23.1. The summed E-state index contributed by atoms with van der Waals surface area (Å²) in [6.07, 6.45) is 1.80. The molecule has 7 heteroatoms. The largest absolute Gasteiger partial charge is 0.374 e. The Balaban J connectivity index is 2.25. The predicted octanol–water partition coefficient (Wildman–Crippen LogP) is 1.39. The Hall–Kier alpha value is -1.27. The summed E-state index contributed by atoms with van der Waals surface area (Å²) in [6, 6.07) is 4.34. The maximum absolute atomic E-state index is 11.8. The van der Waals surface area contributed by atoms with Crippen molar-refractivity contribution in [3.8, 4) is 0 Å². The Morgan fingerprint density at radius 1 is 1.42 bits per heavy atom. The molecule has 1 unspecified atom stereocenters. The van der Waals surface area contributed by atoms with E-state index in [2.05, 4.69) is 5.32 Å². The van der Waals surface area contributed by atoms with Crippen molar-refractivity contribution >= 4 is 33.0 Å². The molecule has 0 aliphatic carbocycles. The van der Waals surface area contributed by atoms with Crippen molar-refractivity contribution in [1.82, 2.24) is 4.90 Å². The van der Waals surface area contributed by atoms with Crippen molar-refractivity contribution in [2.75, 3.05) is 25.2 Å². The van der Waals surface area contributed by atoms with Gasteiger partial charge in [-0.1, -0.05) is 11.6 Å². The topological polar surface area (TPSA) is 66.5 Å². The zero-order valence-electron chi connectivity index (χ0n) is 10.7. The number of amides is 1. The number of hydrogen-bond donors (Lipinski definition) is 1. The lowest BCUT2D eigenvalue weighted by Crippen LogP contribution is -2.30. The molecule has 2 rings (SSSR count). The Kier molecular flexibility index (Phi) is 3.73. The van der Waals surface area contributed by atoms with Gasteiger partial charge in [-0.15, -0.1) is 0 Å². The van der Waals surface area contributed by atoms with Crippen LogP contribution in [-0.2, 0) is 14.6 Å². The molecular formula is C12H15ClN2O3S. The lowest BCUT2D eigenvalue weighted by molar-refractivity contribution is -0.127. The standard InChI is InChI=1S/C12H15ClN2O3S/c1-15-6-5-10(12(15)16)14-8-3-4-9(13)11(7-8)19(2,17)18/h3-4,7,10,14H,5-6H2,1-2H3. The zero-order valence-corrected chi connectivity index (χ0v) is 12.3. The molecular weight excluding hydrogens is 288 g/mol. The molecule has 104 valence electrons. The van der Waals surface area contributed by atoms with Crippen LogP contribution in [0, 0.1) is 0 Å². The fourth-order valence-corrected chi connectivity index (χ4v) is 3.34. The first kappa shape index (κ1) is 14.1. The van der Waals surface area contributed by atoms with E-state index in [1.54, 1.807) is 18.0 Å². The maximum Gasteiger partial charge on any atom is 0.244 e. The SMILES string of the molecule is CN1CCC(Nc2ccc(Cl)c(S(C)(=O)=O)c2)C1=O. The van der Waals surface area contributed by atoms with E-state index >= 15 is 0 Å². The molecule has 1 amide bonds. The fraction of sp³-hybridized carbons (Fsp3) is 0.417. The van der Waals surface area contributed by atoms with E-state index in [0.717, 1.165) is 6.26 Å². The predicted molar refractivity (Wildman–Crippen MR) is 74.2 cm³/mol. The van der Waals surface area contributed by atoms with Crippen LogP contribution in [0.5, 0.6) is 0 Å². The average Bonchev–Trinajstić information content (AvgIpc) is 2.62. The number of halogens is 1. The molecule has 5 nitrogen and oxygen atoms in total. The number of anilines is 1. The highest BCUT2D eigenvalue weighted by Gasteiger charge is 2.29. The molecule has 0 aromatic heterocycles. The monoisotopic (exact) mass is 302 g/mol. The van der Waals surface area contributed by atoms with E-state index in [1.165, 1.54) is 12.1 Å². The molecule has 1 aliphatic heterocycles. The second-order valence-electron chi connectivity index (χ2n) is 4.66. The fourth-order valence-electron chi connectivity index (χ4n) is 2.03. The van der Waals surface area contributed by atoms with Crippen molar-refractivity contribution < 1.29 is 13.2 Å². The van der Waals surface area contributed by atoms with E-state index in [1.807, 2.05) is 0 Å². The summed E-state index contributed by atoms with van der Waals surface area (Å²) in [5.41, 5.74) is 0.582. The van der Waals surface area contributed by atoms with Crippen LogP contribution in [-0.4, -0.2) is 45.1 Å². The van der Waals surface area contributed by atoms with Gasteiger partial charge in [0.2, 0.25) is 5.91 Å². The number of nitrogens with one attached hydrogen (secondary N) is 1. The first-order valence-corrected chi connectivity index (χ1v) is 8.07. The van der Waals surface area contributed by atoms with Crippen molar-refractivity contribution in [2.24, 2.45) is 0 Å². The Morgan fingerprint density at radius 2 is 2.11 bits per heavy atom. The van der Waals surface area contributed by atoms with Crippen LogP contribution in [0.15, 0.2) is 23.1 Å². The summed E-state index contributed by atoms with van der Waals surface area (Å²) in [4.78, 5) is 13.5. The second kappa shape index (κ2) is 5.02. The van der Waals surface area contributed by atoms with Gasteiger partial charge in [0.1, 0.15) is 6.04 Å². The van der Waals surface area contributed by atoms with Crippen LogP contribution < -0.4 is 5.32 Å². The maximum atomic E-state index is 11.8. The number of benzene rings is 1. The van der Waals surface area contributed by atoms with Gasteiger partial charge in [0, 0.05) is 25.5 Å². The molecule has 1 heterocycles. The number of hydrogen-bond acceptors (Lipinski definition) is 4. The quantitative estimate of drug-likeness (QED) is 0.916. The third kappa shape index (κ3) is 3.01. The minimum absolute atomic E-state index is 0.0101. The Labute approximate surface area is 117 Å². The average molecular weight is 303 g/mol. The van der Waals surface area contributed by atoms with Gasteiger partial charge in [0.25, 0.3) is 0 Å². The molecule has 0 saturated carbocycles. The van der Waals surface area contributed by atoms with Crippen LogP contribution in [0.3, 0.4) is 0 Å². The third-order valence-corrected chi connectivity index (χ3v) is 4.68. The van der Waals surface area contributed by atoms with Crippen molar-refractivity contribution in [2.45, 2.75) is 17.4 Å². The number of carbonyl (C=O) groups excluding carboxylic acids is 1. The highest BCUT2D eigenvalue weighted by atomic mass is 35.5. The molecule has 1 N–H and O–H groups in total. The first-order valence-electron chi connectivity index (χ1n) is 5.80. The van der Waals surface area contributed by atoms with E-state index in [4.69, 9.17) is 11.6 Å². The van der Waals surface area contributed by atoms with E-state index in [-0.39, 0.29) is 21.9 Å². The van der Waals surface area contributed by atoms with E-state index in [0.29, 0.717) is 18.7 Å². The molecule has 1 saturated heterocycles. The molecule has 0 bridgehead atoms. The molecule has 1 aromatic rings. The molecule has 0 radical (unpaired) electrons. The van der Waals surface area contributed by atoms with E-state index < -0.39 is 9.84 Å². The van der Waals surface area contributed by atoms with Gasteiger partial charge < -0.3 is 10.2 Å². The molecule has 1 fully saturated rings. The van der Waals surface area contributed by atoms with Crippen LogP contribution in [0.4, 0.5) is 5.69 Å². The molecule has 19 heavy (non-hydrogen) atoms. The van der Waals surface area contributed by atoms with Crippen LogP contribution >= 0.6 is 11.6 Å². The molecule has 0 spiro atoms. The van der Waals surface area contributed by atoms with Gasteiger partial charge in [-0.25, -0.2) is 8.42 Å². The molecule has 1 atom stereocenters. The smallest absolute Gasteiger partial charge is 0.244 e. The third-order valence-electron chi connectivity index (χ3n) is 3.10. The second-order valence-corrected chi connectivity index (χ2v) is 7.05. The van der Waals surface area contributed by atoms with E-state index in [9.17, 15) is 13.2 Å². The zero-order chi connectivity index (χ0) is 14.2. The van der Waals surface area contributed by atoms with Gasteiger partial charge in [0.15, 0.2) is 9.84 Å². The highest BCUT2D eigenvalue weighted by Crippen LogP contribution is 2.26. The van der Waals surface area contributed by atoms with Crippen molar-refractivity contribution in [3.05, 3.63) is 23.2 Å². The summed E-state index contributed by atoms with van der Waals surface area (Å²) in [5, 5.41) is 3.23. The lowest BCUT2D eigenvalue weighted by Gasteiger charge is -2.14. The van der Waals surface area contributed by atoms with Crippen molar-refractivity contribution in [3.63, 3.8) is 0 Å². The highest BCUT2D eigenvalue weighted by molar-refractivity contribution is 7.90. The summed E-state index contributed by atoms with van der Waals surface area (Å²) in [6.45, 7) is 0.697. The minimum Gasteiger partial charge on any atom is -0.374 e. The van der Waals surface area contributed by atoms with Gasteiger partial charge >= 0.3 is 0 Å². The first-order chi connectivity index (χ1) is 8.79. The number of likely N-dealkylation sites (tertiary alicyclic amines) is 1. The van der Waals surface area contributed by atoms with Crippen LogP contribution in [0.1, 0.15) is 6.42 Å². The van der Waals surface area contributed by atoms with Gasteiger partial charge in [-0.3, -0.25) is 4.79 Å². The normalized spacial score (nSPS) is 19.8. The Morgan fingerprint density at radius 3 is 2.63 bits per heavy atom. The van der Waals surface area contributed by atoms with Crippen LogP contribution in [0.25, 0.3) is 0 Å². The summed E-state index contributed by atoms with van der Waals surface area (Å²) in [5.74, 6) is 0.0101. The number of nitrogens with zero attached hydrogens (tertiary/aromatic N) is 1. The summed E-state index contributed by atoms with van der Waals surface area (Å²) in [7, 11) is -1.64. The van der Waals surface area contributed by atoms with Gasteiger partial charge in [-0.05, 0) is 24.6 Å². The van der Waals surface area contributed by atoms with Crippen LogP contribution in [0.2, 0.25) is 5.02 Å². The number of rotatable bonds is 3. The molecule has 1 aliphatic rings. The van der Waals surface area contributed by atoms with Gasteiger partial charge in [-0.2, -0.15) is 0 Å². The van der Waals surface area contributed by atoms with Gasteiger partial charge in [0.05, 0.1) is 9.92 Å². The minimum atomic E-state index is -3.38. The lowest BCUT2D eigenvalue weighted by atomic mass is 10.2. The number of carbonyl (C=O) groups is 1. The van der Waals surface area contributed by atoms with Crippen molar-refractivity contribution in [1.29, 1.82) is 0 Å². The number of sulfone groups is 1.